The first-order valence-corrected chi connectivity index (χ1v) is 5.80. The maximum absolute atomic E-state index is 11.7. The highest BCUT2D eigenvalue weighted by molar-refractivity contribution is 5.90. The third-order valence-electron chi connectivity index (χ3n) is 2.47. The van der Waals surface area contributed by atoms with Crippen LogP contribution in [0.1, 0.15) is 28.8 Å². The number of nitrogens with zero attached hydrogens (tertiary/aromatic N) is 1. The number of aldehydes is 1. The SMILES string of the molecule is CN(OC(=O)c1ccc(CN)cc1)C(=O)CCC=O. The standard InChI is InChI=1S/C13H16N2O4/c1-15(12(17)3-2-8-16)19-13(18)11-6-4-10(9-14)5-7-11/h4-8H,2-3,9,14H2,1H3. The van der Waals surface area contributed by atoms with Gasteiger partial charge in [-0.3, -0.25) is 4.79 Å². The molecular weight excluding hydrogens is 248 g/mol. The topological polar surface area (TPSA) is 89.7 Å². The van der Waals surface area contributed by atoms with Crippen molar-refractivity contribution in [2.45, 2.75) is 19.4 Å². The zero-order valence-corrected chi connectivity index (χ0v) is 10.7. The number of hydrogen-bond donors (Lipinski definition) is 1. The normalized spacial score (nSPS) is 9.79. The molecule has 0 radical (unpaired) electrons. The van der Waals surface area contributed by atoms with Crippen molar-refractivity contribution in [2.24, 2.45) is 5.73 Å². The van der Waals surface area contributed by atoms with E-state index in [2.05, 4.69) is 0 Å². The number of rotatable bonds is 5. The van der Waals surface area contributed by atoms with Crippen molar-refractivity contribution in [3.8, 4) is 0 Å². The Morgan fingerprint density at radius 1 is 1.32 bits per heavy atom. The summed E-state index contributed by atoms with van der Waals surface area (Å²) in [7, 11) is 1.33. The molecule has 0 bridgehead atoms. The molecule has 0 unspecified atom stereocenters. The van der Waals surface area contributed by atoms with Crippen LogP contribution in [0.5, 0.6) is 0 Å². The summed E-state index contributed by atoms with van der Waals surface area (Å²) in [6.07, 6.45) is 0.754. The van der Waals surface area contributed by atoms with E-state index in [-0.39, 0.29) is 12.8 Å². The molecule has 2 N–H and O–H groups in total. The maximum atomic E-state index is 11.7. The number of carbonyl (C=O) groups is 3. The fourth-order valence-electron chi connectivity index (χ4n) is 1.34. The molecule has 0 fully saturated rings. The number of carbonyl (C=O) groups excluding carboxylic acids is 3. The van der Waals surface area contributed by atoms with Crippen LogP contribution in [0.2, 0.25) is 0 Å². The predicted octanol–water partition coefficient (Wildman–Crippen LogP) is 0.655. The summed E-state index contributed by atoms with van der Waals surface area (Å²) in [6, 6.07) is 6.58. The first-order valence-electron chi connectivity index (χ1n) is 5.80. The van der Waals surface area contributed by atoms with Crippen LogP contribution < -0.4 is 5.73 Å². The van der Waals surface area contributed by atoms with E-state index in [1.807, 2.05) is 0 Å². The summed E-state index contributed by atoms with van der Waals surface area (Å²) in [5.74, 6) is -1.07. The number of amides is 1. The summed E-state index contributed by atoms with van der Waals surface area (Å²) in [6.45, 7) is 0.388. The molecule has 0 aromatic heterocycles. The van der Waals surface area contributed by atoms with Gasteiger partial charge in [-0.25, -0.2) is 4.79 Å². The lowest BCUT2D eigenvalue weighted by Crippen LogP contribution is -2.29. The van der Waals surface area contributed by atoms with Crippen LogP contribution in [0.15, 0.2) is 24.3 Å². The highest BCUT2D eigenvalue weighted by Gasteiger charge is 2.15. The Hall–Kier alpha value is -2.21. The summed E-state index contributed by atoms with van der Waals surface area (Å²) in [5.41, 5.74) is 6.67. The fourth-order valence-corrected chi connectivity index (χ4v) is 1.34. The van der Waals surface area contributed by atoms with E-state index in [1.165, 1.54) is 7.05 Å². The Bertz CT molecular complexity index is 456. The minimum atomic E-state index is -0.634. The smallest absolute Gasteiger partial charge is 0.333 e. The molecule has 0 aliphatic heterocycles. The van der Waals surface area contributed by atoms with Gasteiger partial charge in [0.25, 0.3) is 5.91 Å². The second-order valence-corrected chi connectivity index (χ2v) is 3.88. The first-order chi connectivity index (χ1) is 9.08. The lowest BCUT2D eigenvalue weighted by atomic mass is 10.1. The quantitative estimate of drug-likeness (QED) is 0.623. The van der Waals surface area contributed by atoms with E-state index < -0.39 is 11.9 Å². The van der Waals surface area contributed by atoms with Gasteiger partial charge in [0.1, 0.15) is 6.29 Å². The molecule has 1 aromatic rings. The van der Waals surface area contributed by atoms with Gasteiger partial charge in [-0.2, -0.15) is 5.06 Å². The molecule has 0 aliphatic carbocycles. The Balaban J connectivity index is 2.57. The fraction of sp³-hybridized carbons (Fsp3) is 0.308. The van der Waals surface area contributed by atoms with Crippen molar-refractivity contribution in [1.82, 2.24) is 5.06 Å². The maximum Gasteiger partial charge on any atom is 0.363 e. The zero-order valence-electron chi connectivity index (χ0n) is 10.7. The van der Waals surface area contributed by atoms with Crippen molar-refractivity contribution < 1.29 is 19.2 Å². The molecule has 1 aromatic carbocycles. The predicted molar refractivity (Wildman–Crippen MR) is 67.8 cm³/mol. The first kappa shape index (κ1) is 14.8. The summed E-state index contributed by atoms with van der Waals surface area (Å²) in [5, 5.41) is 0.836. The summed E-state index contributed by atoms with van der Waals surface area (Å²) >= 11 is 0. The minimum Gasteiger partial charge on any atom is -0.333 e. The molecule has 0 saturated heterocycles. The van der Waals surface area contributed by atoms with Crippen molar-refractivity contribution in [2.75, 3.05) is 7.05 Å². The molecule has 0 aliphatic rings. The van der Waals surface area contributed by atoms with Crippen LogP contribution in [0.4, 0.5) is 0 Å². The van der Waals surface area contributed by atoms with Crippen LogP contribution in [-0.4, -0.2) is 30.3 Å². The molecule has 0 saturated carbocycles. The molecule has 0 atom stereocenters. The average Bonchev–Trinajstić information content (AvgIpc) is 2.44. The van der Waals surface area contributed by atoms with Gasteiger partial charge in [0.2, 0.25) is 0 Å². The third-order valence-corrected chi connectivity index (χ3v) is 2.47. The van der Waals surface area contributed by atoms with Crippen molar-refractivity contribution in [1.29, 1.82) is 0 Å². The highest BCUT2D eigenvalue weighted by atomic mass is 16.7. The Morgan fingerprint density at radius 3 is 2.47 bits per heavy atom. The van der Waals surface area contributed by atoms with Gasteiger partial charge >= 0.3 is 5.97 Å². The van der Waals surface area contributed by atoms with Gasteiger partial charge in [-0.1, -0.05) is 12.1 Å². The number of hydroxylamine groups is 2. The van der Waals surface area contributed by atoms with Gasteiger partial charge in [-0.15, -0.1) is 0 Å². The second-order valence-electron chi connectivity index (χ2n) is 3.88. The molecule has 0 spiro atoms. The van der Waals surface area contributed by atoms with Gasteiger partial charge in [0.05, 0.1) is 5.56 Å². The van der Waals surface area contributed by atoms with Crippen molar-refractivity contribution in [3.05, 3.63) is 35.4 Å². The second kappa shape index (κ2) is 7.27. The Kier molecular flexibility index (Phi) is 5.69. The molecule has 0 heterocycles. The van der Waals surface area contributed by atoms with Gasteiger partial charge in [0, 0.05) is 26.4 Å². The van der Waals surface area contributed by atoms with Crippen LogP contribution >= 0.6 is 0 Å². The average molecular weight is 264 g/mol. The van der Waals surface area contributed by atoms with E-state index in [0.717, 1.165) is 10.6 Å². The van der Waals surface area contributed by atoms with E-state index in [0.29, 0.717) is 18.4 Å². The molecular formula is C13H16N2O4. The Morgan fingerprint density at radius 2 is 1.95 bits per heavy atom. The molecule has 1 rings (SSSR count). The highest BCUT2D eigenvalue weighted by Crippen LogP contribution is 2.07. The monoisotopic (exact) mass is 264 g/mol. The van der Waals surface area contributed by atoms with E-state index >= 15 is 0 Å². The number of benzene rings is 1. The number of hydrogen-bond acceptors (Lipinski definition) is 5. The van der Waals surface area contributed by atoms with Gasteiger partial charge < -0.3 is 15.4 Å². The van der Waals surface area contributed by atoms with Crippen LogP contribution in [0.3, 0.4) is 0 Å². The molecule has 6 heteroatoms. The van der Waals surface area contributed by atoms with Crippen molar-refractivity contribution >= 4 is 18.2 Å². The Labute approximate surface area is 111 Å². The minimum absolute atomic E-state index is 0.0133. The summed E-state index contributed by atoms with van der Waals surface area (Å²) < 4.78 is 0. The third kappa shape index (κ3) is 4.51. The summed E-state index contributed by atoms with van der Waals surface area (Å²) in [4.78, 5) is 38.2. The largest absolute Gasteiger partial charge is 0.363 e. The van der Waals surface area contributed by atoms with E-state index in [9.17, 15) is 14.4 Å². The van der Waals surface area contributed by atoms with E-state index in [4.69, 9.17) is 10.6 Å². The zero-order chi connectivity index (χ0) is 14.3. The molecule has 102 valence electrons. The molecule has 1 amide bonds. The van der Waals surface area contributed by atoms with Crippen molar-refractivity contribution in [3.63, 3.8) is 0 Å². The lowest BCUT2D eigenvalue weighted by Gasteiger charge is -2.15. The van der Waals surface area contributed by atoms with Gasteiger partial charge in [-0.05, 0) is 17.7 Å². The number of nitrogens with two attached hydrogens (primary N) is 1. The van der Waals surface area contributed by atoms with Crippen LogP contribution in [0.25, 0.3) is 0 Å². The van der Waals surface area contributed by atoms with E-state index in [1.54, 1.807) is 24.3 Å². The molecule has 6 nitrogen and oxygen atoms in total. The lowest BCUT2D eigenvalue weighted by molar-refractivity contribution is -0.161. The molecule has 19 heavy (non-hydrogen) atoms. The van der Waals surface area contributed by atoms with Crippen LogP contribution in [0, 0.1) is 0 Å². The van der Waals surface area contributed by atoms with Gasteiger partial charge in [0.15, 0.2) is 0 Å². The van der Waals surface area contributed by atoms with Crippen LogP contribution in [-0.2, 0) is 21.0 Å².